The van der Waals surface area contributed by atoms with Crippen molar-refractivity contribution in [2.75, 3.05) is 5.32 Å². The maximum Gasteiger partial charge on any atom is 0.160 e. The fourth-order valence-electron chi connectivity index (χ4n) is 2.45. The number of halogens is 1. The molecule has 0 aromatic carbocycles. The molecular formula is C17H13FN6. The molecule has 118 valence electrons. The van der Waals surface area contributed by atoms with E-state index in [1.807, 2.05) is 30.3 Å². The third kappa shape index (κ3) is 2.79. The summed E-state index contributed by atoms with van der Waals surface area (Å²) in [6.45, 7) is 0.545. The predicted octanol–water partition coefficient (Wildman–Crippen LogP) is 3.17. The van der Waals surface area contributed by atoms with Gasteiger partial charge < -0.3 is 10.3 Å². The minimum Gasteiger partial charge on any atom is -0.364 e. The molecule has 0 unspecified atom stereocenters. The van der Waals surface area contributed by atoms with E-state index in [2.05, 4.69) is 30.2 Å². The van der Waals surface area contributed by atoms with Crippen LogP contribution in [-0.2, 0) is 6.54 Å². The number of H-pyrrole nitrogens is 1. The van der Waals surface area contributed by atoms with Crippen molar-refractivity contribution in [3.63, 3.8) is 0 Å². The summed E-state index contributed by atoms with van der Waals surface area (Å²) < 4.78 is 13.1. The Labute approximate surface area is 136 Å². The van der Waals surface area contributed by atoms with E-state index >= 15 is 0 Å². The number of nitrogens with one attached hydrogen (secondary N) is 2. The van der Waals surface area contributed by atoms with E-state index in [-0.39, 0.29) is 0 Å². The number of pyridine rings is 2. The molecule has 0 aliphatic heterocycles. The number of hydrogen-bond donors (Lipinski definition) is 2. The second kappa shape index (κ2) is 6.04. The normalized spacial score (nSPS) is 10.9. The molecule has 0 fully saturated rings. The highest BCUT2D eigenvalue weighted by molar-refractivity contribution is 5.92. The van der Waals surface area contributed by atoms with Crippen LogP contribution in [0.3, 0.4) is 0 Å². The first-order chi connectivity index (χ1) is 11.8. The van der Waals surface area contributed by atoms with Crippen LogP contribution < -0.4 is 5.32 Å². The topological polar surface area (TPSA) is 79.4 Å². The summed E-state index contributed by atoms with van der Waals surface area (Å²) in [4.78, 5) is 20.0. The molecule has 0 amide bonds. The second-order valence-corrected chi connectivity index (χ2v) is 5.19. The lowest BCUT2D eigenvalue weighted by Crippen LogP contribution is -2.03. The van der Waals surface area contributed by atoms with Gasteiger partial charge in [-0.05, 0) is 24.3 Å². The maximum atomic E-state index is 13.1. The van der Waals surface area contributed by atoms with Gasteiger partial charge in [-0.25, -0.2) is 19.3 Å². The lowest BCUT2D eigenvalue weighted by Gasteiger charge is -2.08. The fraction of sp³-hybridized carbons (Fsp3) is 0.0588. The number of fused-ring (bicyclic) bond motifs is 1. The van der Waals surface area contributed by atoms with Crippen molar-refractivity contribution in [3.05, 3.63) is 66.6 Å². The van der Waals surface area contributed by atoms with E-state index in [0.717, 1.165) is 29.0 Å². The largest absolute Gasteiger partial charge is 0.364 e. The molecule has 0 atom stereocenters. The van der Waals surface area contributed by atoms with Gasteiger partial charge in [0, 0.05) is 23.3 Å². The number of nitrogens with zero attached hydrogens (tertiary/aromatic N) is 4. The Morgan fingerprint density at radius 2 is 1.96 bits per heavy atom. The van der Waals surface area contributed by atoms with Crippen LogP contribution in [0.4, 0.5) is 10.2 Å². The van der Waals surface area contributed by atoms with Gasteiger partial charge in [0.2, 0.25) is 0 Å². The number of aromatic amines is 1. The van der Waals surface area contributed by atoms with Crippen molar-refractivity contribution >= 4 is 16.9 Å². The van der Waals surface area contributed by atoms with E-state index in [9.17, 15) is 4.39 Å². The van der Waals surface area contributed by atoms with Gasteiger partial charge >= 0.3 is 0 Å². The smallest absolute Gasteiger partial charge is 0.160 e. The first-order valence-electron chi connectivity index (χ1n) is 7.39. The van der Waals surface area contributed by atoms with Crippen molar-refractivity contribution < 1.29 is 4.39 Å². The Morgan fingerprint density at radius 3 is 2.75 bits per heavy atom. The SMILES string of the molecule is Fc1cnc(-c2cc(NCc3ccccn3)nc3[nH]ccc23)nc1. The Hall–Kier alpha value is -3.35. The first-order valence-corrected chi connectivity index (χ1v) is 7.39. The number of hydrogen-bond acceptors (Lipinski definition) is 5. The van der Waals surface area contributed by atoms with Gasteiger partial charge in [-0.1, -0.05) is 6.07 Å². The molecule has 24 heavy (non-hydrogen) atoms. The second-order valence-electron chi connectivity index (χ2n) is 5.19. The van der Waals surface area contributed by atoms with Gasteiger partial charge in [0.1, 0.15) is 11.5 Å². The van der Waals surface area contributed by atoms with E-state index in [4.69, 9.17) is 0 Å². The zero-order chi connectivity index (χ0) is 16.4. The minimum absolute atomic E-state index is 0.448. The van der Waals surface area contributed by atoms with Crippen LogP contribution >= 0.6 is 0 Å². The fourth-order valence-corrected chi connectivity index (χ4v) is 2.45. The van der Waals surface area contributed by atoms with Crippen LogP contribution in [0.15, 0.2) is 55.1 Å². The van der Waals surface area contributed by atoms with E-state index in [1.54, 1.807) is 12.4 Å². The summed E-state index contributed by atoms with van der Waals surface area (Å²) in [6.07, 6.45) is 5.86. The number of aromatic nitrogens is 5. The monoisotopic (exact) mass is 320 g/mol. The molecule has 4 rings (SSSR count). The van der Waals surface area contributed by atoms with Gasteiger partial charge in [0.05, 0.1) is 24.6 Å². The average molecular weight is 320 g/mol. The molecule has 4 aromatic rings. The van der Waals surface area contributed by atoms with Crippen LogP contribution in [-0.4, -0.2) is 24.9 Å². The van der Waals surface area contributed by atoms with Gasteiger partial charge in [0.15, 0.2) is 11.6 Å². The summed E-state index contributed by atoms with van der Waals surface area (Å²) in [6, 6.07) is 9.49. The van der Waals surface area contributed by atoms with Crippen LogP contribution in [0.2, 0.25) is 0 Å². The highest BCUT2D eigenvalue weighted by Crippen LogP contribution is 2.27. The Kier molecular flexibility index (Phi) is 3.59. The Balaban J connectivity index is 1.71. The van der Waals surface area contributed by atoms with Crippen LogP contribution in [0.25, 0.3) is 22.4 Å². The Bertz CT molecular complexity index is 965. The Morgan fingerprint density at radius 1 is 1.08 bits per heavy atom. The summed E-state index contributed by atoms with van der Waals surface area (Å²) in [5, 5.41) is 4.12. The predicted molar refractivity (Wildman–Crippen MR) is 88.6 cm³/mol. The minimum atomic E-state index is -0.466. The number of anilines is 1. The molecule has 0 saturated carbocycles. The molecule has 4 heterocycles. The van der Waals surface area contributed by atoms with E-state index in [0.29, 0.717) is 23.8 Å². The van der Waals surface area contributed by atoms with Crippen molar-refractivity contribution in [3.8, 4) is 11.4 Å². The average Bonchev–Trinajstić information content (AvgIpc) is 3.09. The third-order valence-electron chi connectivity index (χ3n) is 3.57. The third-order valence-corrected chi connectivity index (χ3v) is 3.57. The molecule has 0 aliphatic carbocycles. The lowest BCUT2D eigenvalue weighted by atomic mass is 10.1. The van der Waals surface area contributed by atoms with Crippen molar-refractivity contribution in [1.82, 2.24) is 24.9 Å². The molecule has 4 aromatic heterocycles. The first kappa shape index (κ1) is 14.3. The molecule has 0 saturated heterocycles. The molecule has 6 nitrogen and oxygen atoms in total. The summed E-state index contributed by atoms with van der Waals surface area (Å²) >= 11 is 0. The molecule has 0 radical (unpaired) electrons. The van der Waals surface area contributed by atoms with Crippen molar-refractivity contribution in [2.24, 2.45) is 0 Å². The van der Waals surface area contributed by atoms with Gasteiger partial charge in [0.25, 0.3) is 0 Å². The molecule has 2 N–H and O–H groups in total. The highest BCUT2D eigenvalue weighted by Gasteiger charge is 2.11. The van der Waals surface area contributed by atoms with E-state index in [1.165, 1.54) is 0 Å². The molecular weight excluding hydrogens is 307 g/mol. The zero-order valence-electron chi connectivity index (χ0n) is 12.6. The summed E-state index contributed by atoms with van der Waals surface area (Å²) in [5.41, 5.74) is 2.40. The number of rotatable bonds is 4. The lowest BCUT2D eigenvalue weighted by molar-refractivity contribution is 0.614. The van der Waals surface area contributed by atoms with Gasteiger partial charge in [-0.3, -0.25) is 4.98 Å². The maximum absolute atomic E-state index is 13.1. The van der Waals surface area contributed by atoms with Crippen molar-refractivity contribution in [2.45, 2.75) is 6.54 Å². The summed E-state index contributed by atoms with van der Waals surface area (Å²) in [7, 11) is 0. The molecule has 0 bridgehead atoms. The molecule has 7 heteroatoms. The van der Waals surface area contributed by atoms with Gasteiger partial charge in [-0.2, -0.15) is 0 Å². The van der Waals surface area contributed by atoms with Crippen molar-refractivity contribution in [1.29, 1.82) is 0 Å². The highest BCUT2D eigenvalue weighted by atomic mass is 19.1. The molecule has 0 aliphatic rings. The quantitative estimate of drug-likeness (QED) is 0.604. The van der Waals surface area contributed by atoms with Crippen LogP contribution in [0.5, 0.6) is 0 Å². The summed E-state index contributed by atoms with van der Waals surface area (Å²) in [5.74, 6) is 0.648. The van der Waals surface area contributed by atoms with Crippen LogP contribution in [0.1, 0.15) is 5.69 Å². The van der Waals surface area contributed by atoms with Crippen LogP contribution in [0, 0.1) is 5.82 Å². The van der Waals surface area contributed by atoms with Gasteiger partial charge in [-0.15, -0.1) is 0 Å². The molecule has 0 spiro atoms. The standard InChI is InChI=1S/C17H13FN6/c18-11-8-22-16(23-9-11)14-7-15(24-17-13(14)4-6-20-17)21-10-12-3-1-2-5-19-12/h1-9H,10H2,(H2,20,21,24). The zero-order valence-corrected chi connectivity index (χ0v) is 12.6. The van der Waals surface area contributed by atoms with E-state index < -0.39 is 5.82 Å².